The normalized spacial score (nSPS) is 15.5. The molecule has 4 N–H and O–H groups in total. The first-order chi connectivity index (χ1) is 16.1. The fourth-order valence-electron chi connectivity index (χ4n) is 4.71. The van der Waals surface area contributed by atoms with E-state index in [0.29, 0.717) is 0 Å². The summed E-state index contributed by atoms with van der Waals surface area (Å²) in [6.45, 7) is -0.662. The van der Waals surface area contributed by atoms with Gasteiger partial charge in [0.2, 0.25) is 0 Å². The second kappa shape index (κ2) is 9.35. The van der Waals surface area contributed by atoms with Crippen LogP contribution in [0.2, 0.25) is 0 Å². The number of sulfonamides is 1. The second-order valence-corrected chi connectivity index (χ2v) is 10.4. The summed E-state index contributed by atoms with van der Waals surface area (Å²) in [4.78, 5) is 26.5. The summed E-state index contributed by atoms with van der Waals surface area (Å²) in [6.07, 6.45) is 4.46. The van der Waals surface area contributed by atoms with Gasteiger partial charge < -0.3 is 20.4 Å². The van der Waals surface area contributed by atoms with Crippen molar-refractivity contribution in [1.29, 1.82) is 0 Å². The molecule has 11 nitrogen and oxygen atoms in total. The zero-order valence-corrected chi connectivity index (χ0v) is 20.0. The lowest BCUT2D eigenvalue weighted by Gasteiger charge is -2.19. The van der Waals surface area contributed by atoms with Crippen LogP contribution in [-0.2, 0) is 42.8 Å². The lowest BCUT2D eigenvalue weighted by Crippen LogP contribution is -2.36. The minimum atomic E-state index is -4.35. The Morgan fingerprint density at radius 1 is 1.15 bits per heavy atom. The number of amides is 3. The SMILES string of the molecule is CN(CC(O)CO)C(=O)c1cc(S(=O)(=O)NC(=O)Nc2c3c(cc4c2CCC4)CCC3)nn1C. The summed E-state index contributed by atoms with van der Waals surface area (Å²) >= 11 is 0. The number of hydrogen-bond acceptors (Lipinski definition) is 7. The minimum absolute atomic E-state index is 0.0490. The number of nitrogens with one attached hydrogen (secondary N) is 2. The number of rotatable bonds is 7. The van der Waals surface area contributed by atoms with Gasteiger partial charge >= 0.3 is 6.03 Å². The van der Waals surface area contributed by atoms with Crippen LogP contribution in [0.25, 0.3) is 0 Å². The van der Waals surface area contributed by atoms with Gasteiger partial charge in [0, 0.05) is 32.4 Å². The van der Waals surface area contributed by atoms with Crippen molar-refractivity contribution < 1.29 is 28.2 Å². The van der Waals surface area contributed by atoms with E-state index < -0.39 is 39.7 Å². The molecule has 2 aliphatic carbocycles. The summed E-state index contributed by atoms with van der Waals surface area (Å²) in [5.74, 6) is -0.594. The number of anilines is 1. The Kier molecular flexibility index (Phi) is 6.65. The van der Waals surface area contributed by atoms with Crippen LogP contribution in [0.1, 0.15) is 45.6 Å². The number of benzene rings is 1. The lowest BCUT2D eigenvalue weighted by atomic mass is 9.99. The number of fused-ring (bicyclic) bond motifs is 2. The fraction of sp³-hybridized carbons (Fsp3) is 0.500. The third-order valence-corrected chi connectivity index (χ3v) is 7.54. The first kappa shape index (κ1) is 24.2. The largest absolute Gasteiger partial charge is 0.394 e. The molecule has 2 aromatic rings. The molecule has 0 aliphatic heterocycles. The highest BCUT2D eigenvalue weighted by atomic mass is 32.2. The molecular formula is C22H29N5O6S. The molecule has 4 rings (SSSR count). The highest BCUT2D eigenvalue weighted by molar-refractivity contribution is 7.90. The van der Waals surface area contributed by atoms with Crippen molar-refractivity contribution in [1.82, 2.24) is 19.4 Å². The van der Waals surface area contributed by atoms with Crippen molar-refractivity contribution in [2.24, 2.45) is 7.05 Å². The van der Waals surface area contributed by atoms with E-state index in [4.69, 9.17) is 5.11 Å². The third-order valence-electron chi connectivity index (χ3n) is 6.33. The van der Waals surface area contributed by atoms with Crippen LogP contribution in [-0.4, -0.2) is 71.6 Å². The van der Waals surface area contributed by atoms with Gasteiger partial charge in [-0.05, 0) is 60.8 Å². The van der Waals surface area contributed by atoms with Gasteiger partial charge in [0.25, 0.3) is 15.9 Å². The number of aryl methyl sites for hydroxylation is 3. The van der Waals surface area contributed by atoms with Crippen LogP contribution < -0.4 is 10.0 Å². The summed E-state index contributed by atoms with van der Waals surface area (Å²) in [5.41, 5.74) is 5.24. The molecule has 2 aliphatic rings. The Labute approximate surface area is 197 Å². The van der Waals surface area contributed by atoms with E-state index in [1.807, 2.05) is 4.72 Å². The Balaban J connectivity index is 1.51. The van der Waals surface area contributed by atoms with Gasteiger partial charge in [0.15, 0.2) is 5.03 Å². The number of likely N-dealkylation sites (N-methyl/N-ethyl adjacent to an activating group) is 1. The standard InChI is InChI=1S/C22H29N5O6S/c1-26(11-15(29)12-28)21(30)18-10-19(24-27(18)2)34(32,33)25-22(31)23-20-16-7-3-5-13(16)9-14-6-4-8-17(14)20/h9-10,15,28-29H,3-8,11-12H2,1-2H3,(H2,23,25,31). The van der Waals surface area contributed by atoms with Crippen molar-refractivity contribution in [3.63, 3.8) is 0 Å². The molecule has 0 saturated carbocycles. The minimum Gasteiger partial charge on any atom is -0.394 e. The number of hydrogen-bond donors (Lipinski definition) is 4. The average Bonchev–Trinajstić information content (AvgIpc) is 3.52. The summed E-state index contributed by atoms with van der Waals surface area (Å²) in [6, 6.07) is 2.40. The molecule has 1 unspecified atom stereocenters. The van der Waals surface area contributed by atoms with Gasteiger partial charge in [-0.25, -0.2) is 9.52 Å². The molecule has 0 spiro atoms. The van der Waals surface area contributed by atoms with Crippen LogP contribution >= 0.6 is 0 Å². The molecule has 1 atom stereocenters. The molecular weight excluding hydrogens is 462 g/mol. The fourth-order valence-corrected chi connectivity index (χ4v) is 5.60. The van der Waals surface area contributed by atoms with Crippen LogP contribution in [0, 0.1) is 0 Å². The number of aliphatic hydroxyl groups is 2. The maximum absolute atomic E-state index is 12.8. The van der Waals surface area contributed by atoms with E-state index in [9.17, 15) is 23.1 Å². The summed E-state index contributed by atoms with van der Waals surface area (Å²) < 4.78 is 28.8. The van der Waals surface area contributed by atoms with E-state index in [2.05, 4.69) is 16.5 Å². The Bertz CT molecular complexity index is 1210. The van der Waals surface area contributed by atoms with Crippen molar-refractivity contribution >= 4 is 27.6 Å². The first-order valence-electron chi connectivity index (χ1n) is 11.2. The van der Waals surface area contributed by atoms with Crippen LogP contribution in [0.4, 0.5) is 10.5 Å². The van der Waals surface area contributed by atoms with Crippen LogP contribution in [0.15, 0.2) is 17.2 Å². The van der Waals surface area contributed by atoms with E-state index in [-0.39, 0.29) is 12.2 Å². The highest BCUT2D eigenvalue weighted by Crippen LogP contribution is 2.38. The molecule has 1 heterocycles. The number of aliphatic hydroxyl groups excluding tert-OH is 2. The Morgan fingerprint density at radius 2 is 1.76 bits per heavy atom. The number of carbonyl (C=O) groups is 2. The first-order valence-corrected chi connectivity index (χ1v) is 12.7. The third kappa shape index (κ3) is 4.65. The monoisotopic (exact) mass is 491 g/mol. The molecule has 0 saturated heterocycles. The maximum atomic E-state index is 12.8. The smallest absolute Gasteiger partial charge is 0.333 e. The summed E-state index contributed by atoms with van der Waals surface area (Å²) in [5, 5.41) is 24.7. The van der Waals surface area contributed by atoms with Crippen molar-refractivity contribution in [3.8, 4) is 0 Å². The van der Waals surface area contributed by atoms with E-state index in [1.54, 1.807) is 0 Å². The van der Waals surface area contributed by atoms with Gasteiger partial charge in [-0.3, -0.25) is 9.48 Å². The predicted molar refractivity (Wildman–Crippen MR) is 123 cm³/mol. The molecule has 0 bridgehead atoms. The Morgan fingerprint density at radius 3 is 2.35 bits per heavy atom. The molecule has 3 amide bonds. The van der Waals surface area contributed by atoms with Gasteiger partial charge in [-0.1, -0.05) is 6.07 Å². The zero-order chi connectivity index (χ0) is 24.6. The van der Waals surface area contributed by atoms with Gasteiger partial charge in [-0.15, -0.1) is 0 Å². The molecule has 184 valence electrons. The topological polar surface area (TPSA) is 154 Å². The average molecular weight is 492 g/mol. The number of urea groups is 1. The summed E-state index contributed by atoms with van der Waals surface area (Å²) in [7, 11) is -1.54. The lowest BCUT2D eigenvalue weighted by molar-refractivity contribution is 0.0513. The predicted octanol–water partition coefficient (Wildman–Crippen LogP) is 0.333. The second-order valence-electron chi connectivity index (χ2n) is 8.81. The number of nitrogens with zero attached hydrogens (tertiary/aromatic N) is 3. The van der Waals surface area contributed by atoms with E-state index in [1.165, 1.54) is 25.2 Å². The number of aromatic nitrogens is 2. The van der Waals surface area contributed by atoms with Crippen molar-refractivity contribution in [2.45, 2.75) is 49.7 Å². The zero-order valence-electron chi connectivity index (χ0n) is 19.2. The van der Waals surface area contributed by atoms with E-state index in [0.717, 1.165) is 71.0 Å². The number of carbonyl (C=O) groups excluding carboxylic acids is 2. The maximum Gasteiger partial charge on any atom is 0.333 e. The van der Waals surface area contributed by atoms with Crippen molar-refractivity contribution in [2.75, 3.05) is 25.5 Å². The highest BCUT2D eigenvalue weighted by Gasteiger charge is 2.29. The van der Waals surface area contributed by atoms with Gasteiger partial charge in [0.05, 0.1) is 12.7 Å². The van der Waals surface area contributed by atoms with Gasteiger partial charge in [0.1, 0.15) is 5.69 Å². The van der Waals surface area contributed by atoms with Crippen molar-refractivity contribution in [3.05, 3.63) is 40.1 Å². The molecule has 0 radical (unpaired) electrons. The van der Waals surface area contributed by atoms with Crippen LogP contribution in [0.5, 0.6) is 0 Å². The Hall–Kier alpha value is -2.96. The molecule has 1 aromatic carbocycles. The molecule has 12 heteroatoms. The quantitative estimate of drug-likeness (QED) is 0.435. The molecule has 0 fully saturated rings. The van der Waals surface area contributed by atoms with E-state index >= 15 is 0 Å². The van der Waals surface area contributed by atoms with Crippen LogP contribution in [0.3, 0.4) is 0 Å². The molecule has 34 heavy (non-hydrogen) atoms. The molecule has 1 aromatic heterocycles. The van der Waals surface area contributed by atoms with Gasteiger partial charge in [-0.2, -0.15) is 13.5 Å².